The molecule has 1 aromatic rings. The van der Waals surface area contributed by atoms with Gasteiger partial charge in [0.25, 0.3) is 10.0 Å². The molecule has 144 valence electrons. The lowest BCUT2D eigenvalue weighted by atomic mass is 9.93. The number of carbonyl (C=O) groups excluding carboxylic acids is 1. The van der Waals surface area contributed by atoms with Crippen LogP contribution in [0.15, 0.2) is 34.2 Å². The van der Waals surface area contributed by atoms with Crippen molar-refractivity contribution in [2.75, 3.05) is 33.2 Å². The Kier molecular flexibility index (Phi) is 7.02. The van der Waals surface area contributed by atoms with E-state index in [-0.39, 0.29) is 35.6 Å². The standard InChI is InChI=1S/C17H24N4O3S.ClH/c1-18-9-6-13-7-10-21(11-8-13)16(22)12-19-17-14-4-2-3-5-15(14)25(23,24)20-17;/h2-5,13,18H,6-12H2,1H3,(H,19,20);1H. The van der Waals surface area contributed by atoms with Gasteiger partial charge >= 0.3 is 0 Å². The Morgan fingerprint density at radius 2 is 2.00 bits per heavy atom. The number of amides is 1. The number of sulfonamides is 1. The highest BCUT2D eigenvalue weighted by Gasteiger charge is 2.30. The topological polar surface area (TPSA) is 90.9 Å². The summed E-state index contributed by atoms with van der Waals surface area (Å²) >= 11 is 0. The van der Waals surface area contributed by atoms with Crippen LogP contribution in [0.25, 0.3) is 0 Å². The van der Waals surface area contributed by atoms with Crippen LogP contribution < -0.4 is 10.0 Å². The highest BCUT2D eigenvalue weighted by atomic mass is 35.5. The van der Waals surface area contributed by atoms with Gasteiger partial charge in [-0.1, -0.05) is 12.1 Å². The van der Waals surface area contributed by atoms with Crippen LogP contribution in [-0.2, 0) is 14.8 Å². The van der Waals surface area contributed by atoms with Crippen molar-refractivity contribution < 1.29 is 13.2 Å². The minimum absolute atomic E-state index is 0. The lowest BCUT2D eigenvalue weighted by molar-refractivity contribution is -0.131. The molecule has 2 aliphatic heterocycles. The maximum absolute atomic E-state index is 12.4. The van der Waals surface area contributed by atoms with Gasteiger partial charge in [-0.15, -0.1) is 12.4 Å². The SMILES string of the molecule is CNCCC1CCN(C(=O)CN=C2NS(=O)(=O)c3ccccc32)CC1.Cl. The average Bonchev–Trinajstić information content (AvgIpc) is 2.89. The Hall–Kier alpha value is -1.64. The molecule has 0 unspecified atom stereocenters. The van der Waals surface area contributed by atoms with Gasteiger partial charge in [-0.05, 0) is 50.9 Å². The van der Waals surface area contributed by atoms with Crippen LogP contribution in [0.1, 0.15) is 24.8 Å². The monoisotopic (exact) mass is 400 g/mol. The summed E-state index contributed by atoms with van der Waals surface area (Å²) in [5.74, 6) is 0.868. The van der Waals surface area contributed by atoms with Crippen molar-refractivity contribution >= 4 is 34.2 Å². The van der Waals surface area contributed by atoms with Crippen LogP contribution in [-0.4, -0.2) is 58.3 Å². The van der Waals surface area contributed by atoms with Gasteiger partial charge in [0.1, 0.15) is 12.4 Å². The predicted octanol–water partition coefficient (Wildman–Crippen LogP) is 0.995. The number of aliphatic imine (C=N–C) groups is 1. The molecule has 0 spiro atoms. The molecule has 2 aliphatic rings. The van der Waals surface area contributed by atoms with E-state index in [0.29, 0.717) is 11.5 Å². The van der Waals surface area contributed by atoms with Gasteiger partial charge in [0.2, 0.25) is 5.91 Å². The molecule has 9 heteroatoms. The second-order valence-electron chi connectivity index (χ2n) is 6.48. The number of halogens is 1. The number of amidine groups is 1. The van der Waals surface area contributed by atoms with Gasteiger partial charge in [-0.2, -0.15) is 0 Å². The number of nitrogens with one attached hydrogen (secondary N) is 2. The zero-order valence-electron chi connectivity index (χ0n) is 14.8. The third-order valence-corrected chi connectivity index (χ3v) is 6.20. The molecule has 0 atom stereocenters. The second kappa shape index (κ2) is 8.83. The first-order valence-corrected chi connectivity index (χ1v) is 10.1. The molecule has 3 rings (SSSR count). The van der Waals surface area contributed by atoms with E-state index in [2.05, 4.69) is 15.0 Å². The molecule has 0 radical (unpaired) electrons. The molecule has 2 N–H and O–H groups in total. The fourth-order valence-corrected chi connectivity index (χ4v) is 4.57. The number of hydrogen-bond acceptors (Lipinski definition) is 5. The minimum Gasteiger partial charge on any atom is -0.341 e. The lowest BCUT2D eigenvalue weighted by Gasteiger charge is -2.31. The van der Waals surface area contributed by atoms with Crippen LogP contribution in [0, 0.1) is 5.92 Å². The van der Waals surface area contributed by atoms with Crippen LogP contribution >= 0.6 is 12.4 Å². The first-order valence-electron chi connectivity index (χ1n) is 8.60. The molecule has 0 bridgehead atoms. The third-order valence-electron chi connectivity index (χ3n) is 4.80. The number of rotatable bonds is 5. The normalized spacial score (nSPS) is 20.3. The molecule has 1 amide bonds. The quantitative estimate of drug-likeness (QED) is 0.771. The fourth-order valence-electron chi connectivity index (χ4n) is 3.32. The van der Waals surface area contributed by atoms with Gasteiger partial charge in [-0.25, -0.2) is 8.42 Å². The highest BCUT2D eigenvalue weighted by Crippen LogP contribution is 2.23. The summed E-state index contributed by atoms with van der Waals surface area (Å²) < 4.78 is 26.5. The number of benzene rings is 1. The fraction of sp³-hybridized carbons (Fsp3) is 0.529. The largest absolute Gasteiger partial charge is 0.341 e. The summed E-state index contributed by atoms with van der Waals surface area (Å²) in [6.45, 7) is 2.47. The Balaban J connectivity index is 0.00000243. The zero-order valence-corrected chi connectivity index (χ0v) is 16.4. The smallest absolute Gasteiger partial charge is 0.263 e. The molecular weight excluding hydrogens is 376 g/mol. The van der Waals surface area contributed by atoms with E-state index in [0.717, 1.165) is 38.9 Å². The summed E-state index contributed by atoms with van der Waals surface area (Å²) in [5, 5.41) is 3.16. The third kappa shape index (κ3) is 4.55. The van der Waals surface area contributed by atoms with Crippen molar-refractivity contribution in [3.05, 3.63) is 29.8 Å². The first kappa shape index (κ1) is 20.7. The summed E-state index contributed by atoms with van der Waals surface area (Å²) in [4.78, 5) is 18.7. The molecule has 1 fully saturated rings. The van der Waals surface area contributed by atoms with E-state index in [1.165, 1.54) is 6.07 Å². The van der Waals surface area contributed by atoms with Gasteiger partial charge in [-0.3, -0.25) is 14.5 Å². The van der Waals surface area contributed by atoms with Crippen molar-refractivity contribution in [2.45, 2.75) is 24.2 Å². The first-order chi connectivity index (χ1) is 12.0. The molecule has 7 nitrogen and oxygen atoms in total. The van der Waals surface area contributed by atoms with E-state index >= 15 is 0 Å². The number of hydrogen-bond donors (Lipinski definition) is 2. The van der Waals surface area contributed by atoms with Crippen molar-refractivity contribution in [1.82, 2.24) is 14.9 Å². The molecule has 26 heavy (non-hydrogen) atoms. The lowest BCUT2D eigenvalue weighted by Crippen LogP contribution is -2.40. The Morgan fingerprint density at radius 3 is 2.69 bits per heavy atom. The highest BCUT2D eigenvalue weighted by molar-refractivity contribution is 7.90. The van der Waals surface area contributed by atoms with Crippen LogP contribution in [0.5, 0.6) is 0 Å². The summed E-state index contributed by atoms with van der Waals surface area (Å²) in [6, 6.07) is 6.67. The molecular formula is C17H25ClN4O3S. The average molecular weight is 401 g/mol. The van der Waals surface area contributed by atoms with E-state index < -0.39 is 10.0 Å². The van der Waals surface area contributed by atoms with Crippen molar-refractivity contribution in [3.63, 3.8) is 0 Å². The van der Waals surface area contributed by atoms with Gasteiger partial charge in [0.05, 0.1) is 4.90 Å². The molecule has 0 aliphatic carbocycles. The van der Waals surface area contributed by atoms with E-state index in [4.69, 9.17) is 0 Å². The van der Waals surface area contributed by atoms with Gasteiger partial charge < -0.3 is 10.2 Å². The van der Waals surface area contributed by atoms with Crippen LogP contribution in [0.4, 0.5) is 0 Å². The Labute approximate surface area is 160 Å². The van der Waals surface area contributed by atoms with Gasteiger partial charge in [0.15, 0.2) is 0 Å². The predicted molar refractivity (Wildman–Crippen MR) is 103 cm³/mol. The number of piperidine rings is 1. The maximum Gasteiger partial charge on any atom is 0.263 e. The van der Waals surface area contributed by atoms with E-state index in [1.54, 1.807) is 18.2 Å². The number of nitrogens with zero attached hydrogens (tertiary/aromatic N) is 2. The van der Waals surface area contributed by atoms with Gasteiger partial charge in [0, 0.05) is 18.7 Å². The minimum atomic E-state index is -3.56. The molecule has 1 aromatic carbocycles. The summed E-state index contributed by atoms with van der Waals surface area (Å²) in [7, 11) is -1.60. The van der Waals surface area contributed by atoms with Crippen LogP contribution in [0.3, 0.4) is 0 Å². The molecule has 1 saturated heterocycles. The summed E-state index contributed by atoms with van der Waals surface area (Å²) in [5.41, 5.74) is 0.529. The molecule has 2 heterocycles. The maximum atomic E-state index is 12.4. The van der Waals surface area contributed by atoms with Crippen LogP contribution in [0.2, 0.25) is 0 Å². The van der Waals surface area contributed by atoms with Crippen molar-refractivity contribution in [3.8, 4) is 0 Å². The molecule has 0 saturated carbocycles. The Bertz CT molecular complexity index is 774. The second-order valence-corrected chi connectivity index (χ2v) is 8.13. The van der Waals surface area contributed by atoms with Crippen molar-refractivity contribution in [2.24, 2.45) is 10.9 Å². The Morgan fingerprint density at radius 1 is 1.31 bits per heavy atom. The van der Waals surface area contributed by atoms with E-state index in [9.17, 15) is 13.2 Å². The number of fused-ring (bicyclic) bond motifs is 1. The van der Waals surface area contributed by atoms with E-state index in [1.807, 2.05) is 11.9 Å². The summed E-state index contributed by atoms with van der Waals surface area (Å²) in [6.07, 6.45) is 3.16. The zero-order chi connectivity index (χ0) is 17.9. The number of carbonyl (C=O) groups is 1. The number of likely N-dealkylation sites (tertiary alicyclic amines) is 1. The van der Waals surface area contributed by atoms with Crippen molar-refractivity contribution in [1.29, 1.82) is 0 Å². The molecule has 0 aromatic heterocycles.